The summed E-state index contributed by atoms with van der Waals surface area (Å²) in [5, 5.41) is 2.99. The predicted molar refractivity (Wildman–Crippen MR) is 79.1 cm³/mol. The molecule has 4 heteroatoms. The quantitative estimate of drug-likeness (QED) is 0.807. The first-order valence-electron chi connectivity index (χ1n) is 6.19. The van der Waals surface area contributed by atoms with Gasteiger partial charge in [0.1, 0.15) is 0 Å². The number of carbonyl (C=O) groups excluding carboxylic acids is 1. The summed E-state index contributed by atoms with van der Waals surface area (Å²) in [7, 11) is 0. The summed E-state index contributed by atoms with van der Waals surface area (Å²) in [5.41, 5.74) is 6.89. The van der Waals surface area contributed by atoms with Gasteiger partial charge in [-0.1, -0.05) is 26.3 Å². The van der Waals surface area contributed by atoms with Crippen LogP contribution < -0.4 is 11.1 Å². The van der Waals surface area contributed by atoms with Gasteiger partial charge in [0.25, 0.3) is 5.91 Å². The lowest BCUT2D eigenvalue weighted by molar-refractivity contribution is 0.0935. The number of carbonyl (C=O) groups is 1. The Bertz CT molecular complexity index is 382. The average molecular weight is 271 g/mol. The fourth-order valence-electron chi connectivity index (χ4n) is 1.82. The normalized spacial score (nSPS) is 13.3. The molecular formula is C14H23ClN2O. The lowest BCUT2D eigenvalue weighted by Gasteiger charge is -2.17. The maximum Gasteiger partial charge on any atom is 0.251 e. The Balaban J connectivity index is 0.00000289. The van der Waals surface area contributed by atoms with Gasteiger partial charge < -0.3 is 11.1 Å². The van der Waals surface area contributed by atoms with Crippen LogP contribution in [-0.2, 0) is 0 Å². The molecule has 3 nitrogen and oxygen atoms in total. The fraction of sp³-hybridized carbons (Fsp3) is 0.500. The Kier molecular flexibility index (Phi) is 7.44. The van der Waals surface area contributed by atoms with E-state index in [1.54, 1.807) is 24.3 Å². The molecule has 18 heavy (non-hydrogen) atoms. The van der Waals surface area contributed by atoms with E-state index in [4.69, 9.17) is 5.73 Å². The second kappa shape index (κ2) is 7.98. The summed E-state index contributed by atoms with van der Waals surface area (Å²) < 4.78 is 0. The van der Waals surface area contributed by atoms with Crippen molar-refractivity contribution in [1.82, 2.24) is 5.32 Å². The summed E-state index contributed by atoms with van der Waals surface area (Å²) in [6.45, 7) is 6.40. The number of nitrogens with two attached hydrogens (primary N) is 1. The van der Waals surface area contributed by atoms with Crippen LogP contribution in [0.1, 0.15) is 44.0 Å². The van der Waals surface area contributed by atoms with Crippen molar-refractivity contribution in [3.8, 4) is 0 Å². The Labute approximate surface area is 116 Å². The zero-order valence-corrected chi connectivity index (χ0v) is 12.1. The van der Waals surface area contributed by atoms with E-state index in [1.165, 1.54) is 0 Å². The molecule has 0 saturated heterocycles. The second-order valence-electron chi connectivity index (χ2n) is 4.75. The largest absolute Gasteiger partial charge is 0.399 e. The number of anilines is 1. The maximum atomic E-state index is 11.9. The van der Waals surface area contributed by atoms with Gasteiger partial charge in [0, 0.05) is 17.3 Å². The maximum absolute atomic E-state index is 11.9. The van der Waals surface area contributed by atoms with Crippen molar-refractivity contribution >= 4 is 24.0 Å². The summed E-state index contributed by atoms with van der Waals surface area (Å²) >= 11 is 0. The van der Waals surface area contributed by atoms with Crippen molar-refractivity contribution in [2.24, 2.45) is 5.92 Å². The Hall–Kier alpha value is -1.22. The summed E-state index contributed by atoms with van der Waals surface area (Å²) in [4.78, 5) is 11.9. The van der Waals surface area contributed by atoms with Crippen LogP contribution in [0.25, 0.3) is 0 Å². The van der Waals surface area contributed by atoms with Gasteiger partial charge in [-0.15, -0.1) is 12.4 Å². The van der Waals surface area contributed by atoms with Crippen LogP contribution >= 0.6 is 12.4 Å². The van der Waals surface area contributed by atoms with Crippen LogP contribution in [-0.4, -0.2) is 11.9 Å². The first-order chi connectivity index (χ1) is 8.02. The Morgan fingerprint density at radius 3 is 2.61 bits per heavy atom. The van der Waals surface area contributed by atoms with Gasteiger partial charge in [-0.25, -0.2) is 0 Å². The van der Waals surface area contributed by atoms with Crippen LogP contribution in [0.3, 0.4) is 0 Å². The molecule has 0 aromatic heterocycles. The van der Waals surface area contributed by atoms with Crippen LogP contribution in [0.15, 0.2) is 24.3 Å². The molecule has 0 saturated carbocycles. The fourth-order valence-corrected chi connectivity index (χ4v) is 1.82. The van der Waals surface area contributed by atoms with Gasteiger partial charge in [0.15, 0.2) is 0 Å². The predicted octanol–water partition coefficient (Wildman–Crippen LogP) is 3.25. The first-order valence-corrected chi connectivity index (χ1v) is 6.19. The smallest absolute Gasteiger partial charge is 0.251 e. The number of hydrogen-bond donors (Lipinski definition) is 2. The van der Waals surface area contributed by atoms with Crippen molar-refractivity contribution < 1.29 is 4.79 Å². The molecule has 0 radical (unpaired) electrons. The molecule has 1 aromatic carbocycles. The molecule has 1 amide bonds. The third kappa shape index (κ3) is 5.41. The minimum Gasteiger partial charge on any atom is -0.399 e. The molecule has 1 rings (SSSR count). The number of halogens is 1. The number of hydrogen-bond acceptors (Lipinski definition) is 2. The molecule has 2 unspecified atom stereocenters. The van der Waals surface area contributed by atoms with Gasteiger partial charge in [-0.2, -0.15) is 0 Å². The molecule has 0 fully saturated rings. The van der Waals surface area contributed by atoms with Crippen LogP contribution in [0.5, 0.6) is 0 Å². The minimum absolute atomic E-state index is 0. The van der Waals surface area contributed by atoms with Gasteiger partial charge in [0.2, 0.25) is 0 Å². The highest BCUT2D eigenvalue weighted by molar-refractivity contribution is 5.95. The number of nitrogen functional groups attached to an aromatic ring is 1. The minimum atomic E-state index is -0.0481. The highest BCUT2D eigenvalue weighted by Crippen LogP contribution is 2.11. The van der Waals surface area contributed by atoms with E-state index in [0.29, 0.717) is 17.2 Å². The number of rotatable bonds is 5. The van der Waals surface area contributed by atoms with Crippen LogP contribution in [0.4, 0.5) is 5.69 Å². The number of amides is 1. The molecule has 3 N–H and O–H groups in total. The number of nitrogens with one attached hydrogen (secondary N) is 1. The first kappa shape index (κ1) is 16.8. The molecule has 0 bridgehead atoms. The third-order valence-corrected chi connectivity index (χ3v) is 2.98. The molecule has 0 aliphatic heterocycles. The van der Waals surface area contributed by atoms with Crippen molar-refractivity contribution in [3.05, 3.63) is 29.8 Å². The SMILES string of the molecule is CCC(C)CC(C)NC(=O)c1cccc(N)c1.Cl. The van der Waals surface area contributed by atoms with Gasteiger partial charge >= 0.3 is 0 Å². The van der Waals surface area contributed by atoms with Gasteiger partial charge in [-0.05, 0) is 37.5 Å². The van der Waals surface area contributed by atoms with Crippen LogP contribution in [0.2, 0.25) is 0 Å². The van der Waals surface area contributed by atoms with Gasteiger partial charge in [-0.3, -0.25) is 4.79 Å². The summed E-state index contributed by atoms with van der Waals surface area (Å²) in [6, 6.07) is 7.24. The summed E-state index contributed by atoms with van der Waals surface area (Å²) in [5.74, 6) is 0.583. The van der Waals surface area contributed by atoms with Crippen molar-refractivity contribution in [1.29, 1.82) is 0 Å². The number of benzene rings is 1. The molecule has 0 aliphatic carbocycles. The van der Waals surface area contributed by atoms with E-state index >= 15 is 0 Å². The molecular weight excluding hydrogens is 248 g/mol. The molecule has 2 atom stereocenters. The van der Waals surface area contributed by atoms with Crippen molar-refractivity contribution in [2.75, 3.05) is 5.73 Å². The Morgan fingerprint density at radius 2 is 2.06 bits per heavy atom. The zero-order chi connectivity index (χ0) is 12.8. The molecule has 102 valence electrons. The van der Waals surface area contributed by atoms with Crippen molar-refractivity contribution in [3.63, 3.8) is 0 Å². The van der Waals surface area contributed by atoms with E-state index in [0.717, 1.165) is 12.8 Å². The van der Waals surface area contributed by atoms with E-state index in [-0.39, 0.29) is 24.4 Å². The Morgan fingerprint density at radius 1 is 1.39 bits per heavy atom. The molecule has 0 spiro atoms. The molecule has 0 aliphatic rings. The lowest BCUT2D eigenvalue weighted by atomic mass is 10.00. The van der Waals surface area contributed by atoms with Crippen molar-refractivity contribution in [2.45, 2.75) is 39.7 Å². The highest BCUT2D eigenvalue weighted by atomic mass is 35.5. The van der Waals surface area contributed by atoms with E-state index in [1.807, 2.05) is 6.92 Å². The average Bonchev–Trinajstić information content (AvgIpc) is 2.28. The highest BCUT2D eigenvalue weighted by Gasteiger charge is 2.11. The third-order valence-electron chi connectivity index (χ3n) is 2.98. The monoisotopic (exact) mass is 270 g/mol. The second-order valence-corrected chi connectivity index (χ2v) is 4.75. The summed E-state index contributed by atoms with van der Waals surface area (Å²) in [6.07, 6.45) is 2.14. The standard InChI is InChI=1S/C14H22N2O.ClH/c1-4-10(2)8-11(3)16-14(17)12-6-5-7-13(15)9-12;/h5-7,9-11H,4,8,15H2,1-3H3,(H,16,17);1H. The zero-order valence-electron chi connectivity index (χ0n) is 11.3. The van der Waals surface area contributed by atoms with E-state index in [2.05, 4.69) is 19.2 Å². The van der Waals surface area contributed by atoms with Crippen LogP contribution in [0, 0.1) is 5.92 Å². The van der Waals surface area contributed by atoms with E-state index in [9.17, 15) is 4.79 Å². The molecule has 0 heterocycles. The molecule has 1 aromatic rings. The van der Waals surface area contributed by atoms with E-state index < -0.39 is 0 Å². The lowest BCUT2D eigenvalue weighted by Crippen LogP contribution is -2.33. The topological polar surface area (TPSA) is 55.1 Å². The van der Waals surface area contributed by atoms with Gasteiger partial charge in [0.05, 0.1) is 0 Å².